The second-order valence-electron chi connectivity index (χ2n) is 4.10. The van der Waals surface area contributed by atoms with Crippen LogP contribution in [0.1, 0.15) is 24.3 Å². The molecule has 4 heteroatoms. The monoisotopic (exact) mass is 319 g/mol. The van der Waals surface area contributed by atoms with Crippen LogP contribution in [0, 0.1) is 0 Å². The quantitative estimate of drug-likeness (QED) is 0.867. The van der Waals surface area contributed by atoms with Crippen molar-refractivity contribution in [1.82, 2.24) is 5.32 Å². The van der Waals surface area contributed by atoms with Crippen molar-refractivity contribution in [2.24, 2.45) is 0 Å². The van der Waals surface area contributed by atoms with E-state index in [2.05, 4.69) is 21.2 Å². The lowest BCUT2D eigenvalue weighted by molar-refractivity contribution is -0.117. The molecule has 1 atom stereocenters. The molecule has 0 aliphatic carbocycles. The van der Waals surface area contributed by atoms with Crippen LogP contribution in [0.4, 0.5) is 0 Å². The summed E-state index contributed by atoms with van der Waals surface area (Å²) >= 11 is 3.43. The third kappa shape index (κ3) is 3.83. The summed E-state index contributed by atoms with van der Waals surface area (Å²) in [7, 11) is 0. The normalized spacial score (nSPS) is 12.5. The van der Waals surface area contributed by atoms with E-state index in [4.69, 9.17) is 4.42 Å². The summed E-state index contributed by atoms with van der Waals surface area (Å²) in [6.07, 6.45) is 4.88. The molecule has 0 saturated heterocycles. The molecular formula is C15H14BrNO2. The standard InChI is InChI=1S/C15H14BrNO2/c1-11(14-7-4-10-19-14)17-15(18)9-8-12-5-2-3-6-13(12)16/h2-11H,1H3,(H,17,18)/b9-8+. The smallest absolute Gasteiger partial charge is 0.244 e. The Kier molecular flexibility index (Phi) is 4.58. The van der Waals surface area contributed by atoms with Crippen molar-refractivity contribution in [1.29, 1.82) is 0 Å². The molecule has 0 spiro atoms. The Morgan fingerprint density at radius 1 is 1.32 bits per heavy atom. The largest absolute Gasteiger partial charge is 0.467 e. The van der Waals surface area contributed by atoms with E-state index < -0.39 is 0 Å². The fourth-order valence-corrected chi connectivity index (χ4v) is 2.06. The zero-order valence-electron chi connectivity index (χ0n) is 10.5. The number of benzene rings is 1. The second-order valence-corrected chi connectivity index (χ2v) is 4.95. The Bertz CT molecular complexity index is 576. The Hall–Kier alpha value is -1.81. The molecule has 0 fully saturated rings. The van der Waals surface area contributed by atoms with Gasteiger partial charge in [0.05, 0.1) is 12.3 Å². The summed E-state index contributed by atoms with van der Waals surface area (Å²) in [5, 5.41) is 2.84. The lowest BCUT2D eigenvalue weighted by atomic mass is 10.2. The number of furan rings is 1. The van der Waals surface area contributed by atoms with Crippen LogP contribution in [0.5, 0.6) is 0 Å². The van der Waals surface area contributed by atoms with Gasteiger partial charge in [0.25, 0.3) is 0 Å². The van der Waals surface area contributed by atoms with Gasteiger partial charge in [0.15, 0.2) is 0 Å². The minimum absolute atomic E-state index is 0.147. The van der Waals surface area contributed by atoms with E-state index in [9.17, 15) is 4.79 Å². The Labute approximate surface area is 120 Å². The van der Waals surface area contributed by atoms with Gasteiger partial charge < -0.3 is 9.73 Å². The van der Waals surface area contributed by atoms with Gasteiger partial charge in [-0.3, -0.25) is 4.79 Å². The summed E-state index contributed by atoms with van der Waals surface area (Å²) in [6, 6.07) is 11.2. The summed E-state index contributed by atoms with van der Waals surface area (Å²) < 4.78 is 6.19. The molecule has 0 aliphatic rings. The van der Waals surface area contributed by atoms with E-state index in [1.165, 1.54) is 6.08 Å². The van der Waals surface area contributed by atoms with E-state index >= 15 is 0 Å². The fourth-order valence-electron chi connectivity index (χ4n) is 1.65. The second kappa shape index (κ2) is 6.38. The number of amides is 1. The molecule has 1 aromatic carbocycles. The van der Waals surface area contributed by atoms with Gasteiger partial charge in [-0.1, -0.05) is 34.1 Å². The van der Waals surface area contributed by atoms with Crippen molar-refractivity contribution < 1.29 is 9.21 Å². The number of carbonyl (C=O) groups excluding carboxylic acids is 1. The highest BCUT2D eigenvalue weighted by atomic mass is 79.9. The van der Waals surface area contributed by atoms with Crippen LogP contribution < -0.4 is 5.32 Å². The van der Waals surface area contributed by atoms with E-state index in [0.717, 1.165) is 15.8 Å². The minimum atomic E-state index is -0.153. The molecule has 0 saturated carbocycles. The first-order valence-electron chi connectivity index (χ1n) is 5.93. The number of halogens is 1. The topological polar surface area (TPSA) is 42.2 Å². The molecule has 0 aliphatic heterocycles. The van der Waals surface area contributed by atoms with Gasteiger partial charge in [-0.05, 0) is 36.8 Å². The maximum absolute atomic E-state index is 11.8. The van der Waals surface area contributed by atoms with Gasteiger partial charge in [0, 0.05) is 10.5 Å². The van der Waals surface area contributed by atoms with Crippen molar-refractivity contribution in [3.8, 4) is 0 Å². The molecule has 3 nitrogen and oxygen atoms in total. The third-order valence-corrected chi connectivity index (χ3v) is 3.37. The molecule has 1 aromatic heterocycles. The average molecular weight is 320 g/mol. The number of hydrogen-bond donors (Lipinski definition) is 1. The van der Waals surface area contributed by atoms with Crippen molar-refractivity contribution >= 4 is 27.9 Å². The highest BCUT2D eigenvalue weighted by Crippen LogP contribution is 2.17. The molecular weight excluding hydrogens is 306 g/mol. The molecule has 1 N–H and O–H groups in total. The number of hydrogen-bond acceptors (Lipinski definition) is 2. The van der Waals surface area contributed by atoms with E-state index in [1.54, 1.807) is 18.4 Å². The fraction of sp³-hybridized carbons (Fsp3) is 0.133. The van der Waals surface area contributed by atoms with E-state index in [-0.39, 0.29) is 11.9 Å². The van der Waals surface area contributed by atoms with Crippen molar-refractivity contribution in [2.75, 3.05) is 0 Å². The number of nitrogens with one attached hydrogen (secondary N) is 1. The molecule has 1 unspecified atom stereocenters. The minimum Gasteiger partial charge on any atom is -0.467 e. The molecule has 0 bridgehead atoms. The predicted molar refractivity (Wildman–Crippen MR) is 78.4 cm³/mol. The summed E-state index contributed by atoms with van der Waals surface area (Å²) in [5.41, 5.74) is 0.961. The van der Waals surface area contributed by atoms with Gasteiger partial charge in [0.2, 0.25) is 5.91 Å². The van der Waals surface area contributed by atoms with E-state index in [1.807, 2.05) is 37.3 Å². The molecule has 2 rings (SSSR count). The lowest BCUT2D eigenvalue weighted by Crippen LogP contribution is -2.24. The SMILES string of the molecule is CC(NC(=O)/C=C/c1ccccc1Br)c1ccco1. The van der Waals surface area contributed by atoms with Crippen LogP contribution in [0.3, 0.4) is 0 Å². The maximum atomic E-state index is 11.8. The van der Waals surface area contributed by atoms with Crippen LogP contribution in [0.2, 0.25) is 0 Å². The van der Waals surface area contributed by atoms with Crippen molar-refractivity contribution in [3.05, 3.63) is 64.5 Å². The van der Waals surface area contributed by atoms with Crippen molar-refractivity contribution in [2.45, 2.75) is 13.0 Å². The van der Waals surface area contributed by atoms with Crippen molar-refractivity contribution in [3.63, 3.8) is 0 Å². The van der Waals surface area contributed by atoms with Crippen LogP contribution in [0.15, 0.2) is 57.6 Å². The third-order valence-electron chi connectivity index (χ3n) is 2.65. The molecule has 1 amide bonds. The first-order chi connectivity index (χ1) is 9.16. The predicted octanol–water partition coefficient (Wildman–Crippen LogP) is 3.93. The molecule has 98 valence electrons. The van der Waals surface area contributed by atoms with Crippen LogP contribution >= 0.6 is 15.9 Å². The lowest BCUT2D eigenvalue weighted by Gasteiger charge is -2.09. The van der Waals surface area contributed by atoms with Gasteiger partial charge in [-0.2, -0.15) is 0 Å². The first-order valence-corrected chi connectivity index (χ1v) is 6.72. The Balaban J connectivity index is 1.96. The zero-order valence-corrected chi connectivity index (χ0v) is 12.1. The van der Waals surface area contributed by atoms with Crippen LogP contribution in [0.25, 0.3) is 6.08 Å². The molecule has 0 radical (unpaired) electrons. The Morgan fingerprint density at radius 2 is 2.11 bits per heavy atom. The highest BCUT2D eigenvalue weighted by molar-refractivity contribution is 9.10. The zero-order chi connectivity index (χ0) is 13.7. The Morgan fingerprint density at radius 3 is 2.79 bits per heavy atom. The van der Waals surface area contributed by atoms with Gasteiger partial charge in [-0.15, -0.1) is 0 Å². The number of carbonyl (C=O) groups is 1. The van der Waals surface area contributed by atoms with Crippen LogP contribution in [-0.2, 0) is 4.79 Å². The van der Waals surface area contributed by atoms with Gasteiger partial charge in [0.1, 0.15) is 5.76 Å². The van der Waals surface area contributed by atoms with Gasteiger partial charge >= 0.3 is 0 Å². The maximum Gasteiger partial charge on any atom is 0.244 e. The molecule has 19 heavy (non-hydrogen) atoms. The summed E-state index contributed by atoms with van der Waals surface area (Å²) in [4.78, 5) is 11.8. The average Bonchev–Trinajstić information content (AvgIpc) is 2.91. The number of rotatable bonds is 4. The first kappa shape index (κ1) is 13.6. The molecule has 2 aromatic rings. The van der Waals surface area contributed by atoms with Crippen LogP contribution in [-0.4, -0.2) is 5.91 Å². The summed E-state index contributed by atoms with van der Waals surface area (Å²) in [6.45, 7) is 1.88. The summed E-state index contributed by atoms with van der Waals surface area (Å²) in [5.74, 6) is 0.585. The van der Waals surface area contributed by atoms with E-state index in [0.29, 0.717) is 0 Å². The molecule has 1 heterocycles. The highest BCUT2D eigenvalue weighted by Gasteiger charge is 2.09. The van der Waals surface area contributed by atoms with Gasteiger partial charge in [-0.25, -0.2) is 0 Å².